The zero-order valence-corrected chi connectivity index (χ0v) is 15.0. The lowest BCUT2D eigenvalue weighted by atomic mass is 10.1. The summed E-state index contributed by atoms with van der Waals surface area (Å²) in [6.07, 6.45) is 1.71. The Balaban J connectivity index is 1.52. The zero-order chi connectivity index (χ0) is 19.2. The first-order valence-electron chi connectivity index (χ1n) is 8.90. The molecule has 4 rings (SSSR count). The predicted molar refractivity (Wildman–Crippen MR) is 112 cm³/mol. The van der Waals surface area contributed by atoms with Crippen LogP contribution in [0.3, 0.4) is 0 Å². The molecule has 0 saturated carbocycles. The second-order valence-electron chi connectivity index (χ2n) is 6.16. The first kappa shape index (κ1) is 17.4. The van der Waals surface area contributed by atoms with Gasteiger partial charge in [-0.15, -0.1) is 0 Å². The third-order valence-electron chi connectivity index (χ3n) is 4.14. The molecule has 0 aliphatic rings. The molecule has 0 spiro atoms. The van der Waals surface area contributed by atoms with Crippen molar-refractivity contribution in [1.29, 1.82) is 0 Å². The van der Waals surface area contributed by atoms with Crippen LogP contribution in [-0.4, -0.2) is 15.9 Å². The number of anilines is 3. The third-order valence-corrected chi connectivity index (χ3v) is 4.14. The van der Waals surface area contributed by atoms with Crippen LogP contribution in [0.1, 0.15) is 10.4 Å². The monoisotopic (exact) mass is 366 g/mol. The van der Waals surface area contributed by atoms with E-state index in [1.165, 1.54) is 0 Å². The van der Waals surface area contributed by atoms with Gasteiger partial charge in [-0.1, -0.05) is 54.6 Å². The number of aromatic nitrogens is 2. The normalized spacial score (nSPS) is 10.3. The maximum absolute atomic E-state index is 12.5. The number of benzene rings is 3. The Hall–Kier alpha value is -3.99. The minimum atomic E-state index is -0.172. The molecule has 1 aromatic heterocycles. The van der Waals surface area contributed by atoms with E-state index in [0.717, 1.165) is 22.6 Å². The smallest absolute Gasteiger partial charge is 0.255 e. The highest BCUT2D eigenvalue weighted by atomic mass is 16.1. The van der Waals surface area contributed by atoms with Crippen LogP contribution in [-0.2, 0) is 0 Å². The molecule has 5 heteroatoms. The van der Waals surface area contributed by atoms with Gasteiger partial charge in [-0.25, -0.2) is 9.97 Å². The Morgan fingerprint density at radius 3 is 2.25 bits per heavy atom. The van der Waals surface area contributed by atoms with Crippen LogP contribution in [0.25, 0.3) is 11.3 Å². The number of nitrogens with one attached hydrogen (secondary N) is 2. The van der Waals surface area contributed by atoms with Crippen molar-refractivity contribution in [2.24, 2.45) is 0 Å². The van der Waals surface area contributed by atoms with Crippen molar-refractivity contribution in [2.75, 3.05) is 10.6 Å². The van der Waals surface area contributed by atoms with E-state index >= 15 is 0 Å². The summed E-state index contributed by atoms with van der Waals surface area (Å²) in [5.74, 6) is 0.302. The summed E-state index contributed by atoms with van der Waals surface area (Å²) in [5, 5.41) is 6.05. The van der Waals surface area contributed by atoms with Gasteiger partial charge in [0.25, 0.3) is 5.91 Å². The van der Waals surface area contributed by atoms with Gasteiger partial charge < -0.3 is 10.6 Å². The minimum Gasteiger partial charge on any atom is -0.324 e. The van der Waals surface area contributed by atoms with Crippen LogP contribution >= 0.6 is 0 Å². The van der Waals surface area contributed by atoms with Gasteiger partial charge in [0.1, 0.15) is 0 Å². The molecule has 5 nitrogen and oxygen atoms in total. The van der Waals surface area contributed by atoms with Gasteiger partial charge in [0.05, 0.1) is 5.69 Å². The lowest BCUT2D eigenvalue weighted by Crippen LogP contribution is -2.12. The Morgan fingerprint density at radius 1 is 0.750 bits per heavy atom. The maximum Gasteiger partial charge on any atom is 0.255 e. The maximum atomic E-state index is 12.5. The van der Waals surface area contributed by atoms with E-state index in [0.29, 0.717) is 11.5 Å². The van der Waals surface area contributed by atoms with Gasteiger partial charge >= 0.3 is 0 Å². The SMILES string of the molecule is O=C(Nc1ccccc1)c1cccc(Nc2nccc(-c3ccccc3)n2)c1. The number of carbonyl (C=O) groups is 1. The standard InChI is InChI=1S/C23H18N4O/c28-22(25-19-11-5-2-6-12-19)18-10-7-13-20(16-18)26-23-24-15-14-21(27-23)17-8-3-1-4-9-17/h1-16H,(H,25,28)(H,24,26,27). The number of para-hydroxylation sites is 1. The summed E-state index contributed by atoms with van der Waals surface area (Å²) >= 11 is 0. The molecule has 28 heavy (non-hydrogen) atoms. The topological polar surface area (TPSA) is 66.9 Å². The van der Waals surface area contributed by atoms with Crippen molar-refractivity contribution in [1.82, 2.24) is 9.97 Å². The van der Waals surface area contributed by atoms with Crippen molar-refractivity contribution in [3.63, 3.8) is 0 Å². The highest BCUT2D eigenvalue weighted by Crippen LogP contribution is 2.20. The lowest BCUT2D eigenvalue weighted by Gasteiger charge is -2.09. The molecule has 136 valence electrons. The number of carbonyl (C=O) groups excluding carboxylic acids is 1. The first-order chi connectivity index (χ1) is 13.8. The summed E-state index contributed by atoms with van der Waals surface area (Å²) < 4.78 is 0. The molecule has 1 amide bonds. The average molecular weight is 366 g/mol. The number of rotatable bonds is 5. The van der Waals surface area contributed by atoms with Crippen molar-refractivity contribution in [3.8, 4) is 11.3 Å². The summed E-state index contributed by atoms with van der Waals surface area (Å²) in [5.41, 5.74) is 3.89. The van der Waals surface area contributed by atoms with Gasteiger partial charge in [0.15, 0.2) is 0 Å². The van der Waals surface area contributed by atoms with Gasteiger partial charge in [-0.2, -0.15) is 0 Å². The highest BCUT2D eigenvalue weighted by molar-refractivity contribution is 6.04. The molecular formula is C23H18N4O. The van der Waals surface area contributed by atoms with Crippen molar-refractivity contribution < 1.29 is 4.79 Å². The number of nitrogens with zero attached hydrogens (tertiary/aromatic N) is 2. The highest BCUT2D eigenvalue weighted by Gasteiger charge is 2.08. The quantitative estimate of drug-likeness (QED) is 0.513. The summed E-state index contributed by atoms with van der Waals surface area (Å²) in [7, 11) is 0. The fourth-order valence-corrected chi connectivity index (χ4v) is 2.78. The van der Waals surface area contributed by atoms with Crippen molar-refractivity contribution >= 4 is 23.2 Å². The molecule has 0 bridgehead atoms. The summed E-state index contributed by atoms with van der Waals surface area (Å²) in [6.45, 7) is 0. The van der Waals surface area contributed by atoms with Crippen molar-refractivity contribution in [3.05, 3.63) is 103 Å². The van der Waals surface area contributed by atoms with E-state index in [4.69, 9.17) is 0 Å². The fraction of sp³-hybridized carbons (Fsp3) is 0. The molecule has 0 saturated heterocycles. The van der Waals surface area contributed by atoms with Crippen LogP contribution < -0.4 is 10.6 Å². The van der Waals surface area contributed by atoms with Crippen LogP contribution in [0, 0.1) is 0 Å². The molecule has 0 fully saturated rings. The minimum absolute atomic E-state index is 0.172. The zero-order valence-electron chi connectivity index (χ0n) is 15.0. The second kappa shape index (κ2) is 8.14. The van der Waals surface area contributed by atoms with E-state index in [1.54, 1.807) is 18.3 Å². The average Bonchev–Trinajstić information content (AvgIpc) is 2.75. The second-order valence-corrected chi connectivity index (χ2v) is 6.16. The van der Waals surface area contributed by atoms with Gasteiger partial charge in [-0.3, -0.25) is 4.79 Å². The Labute approximate surface area is 163 Å². The molecule has 3 aromatic carbocycles. The largest absolute Gasteiger partial charge is 0.324 e. The van der Waals surface area contributed by atoms with Gasteiger partial charge in [0.2, 0.25) is 5.95 Å². The lowest BCUT2D eigenvalue weighted by molar-refractivity contribution is 0.102. The molecule has 1 heterocycles. The Bertz CT molecular complexity index is 1080. The van der Waals surface area contributed by atoms with Gasteiger partial charge in [0, 0.05) is 28.7 Å². The molecule has 4 aromatic rings. The predicted octanol–water partition coefficient (Wildman–Crippen LogP) is 5.14. The Morgan fingerprint density at radius 2 is 1.46 bits per heavy atom. The van der Waals surface area contributed by atoms with E-state index in [-0.39, 0.29) is 5.91 Å². The first-order valence-corrected chi connectivity index (χ1v) is 8.90. The van der Waals surface area contributed by atoms with Gasteiger partial charge in [-0.05, 0) is 36.4 Å². The number of hydrogen-bond acceptors (Lipinski definition) is 4. The van der Waals surface area contributed by atoms with E-state index in [2.05, 4.69) is 20.6 Å². The molecule has 0 radical (unpaired) electrons. The van der Waals surface area contributed by atoms with Crippen LogP contribution in [0.15, 0.2) is 97.2 Å². The number of amides is 1. The molecule has 0 atom stereocenters. The third kappa shape index (κ3) is 4.22. The fourth-order valence-electron chi connectivity index (χ4n) is 2.78. The molecule has 0 unspecified atom stereocenters. The summed E-state index contributed by atoms with van der Waals surface area (Å²) in [6, 6.07) is 28.4. The van der Waals surface area contributed by atoms with Crippen LogP contribution in [0.4, 0.5) is 17.3 Å². The van der Waals surface area contributed by atoms with E-state index in [1.807, 2.05) is 78.9 Å². The van der Waals surface area contributed by atoms with E-state index in [9.17, 15) is 4.79 Å². The summed E-state index contributed by atoms with van der Waals surface area (Å²) in [4.78, 5) is 21.3. The Kier molecular flexibility index (Phi) is 5.06. The molecule has 2 N–H and O–H groups in total. The molecule has 0 aliphatic carbocycles. The van der Waals surface area contributed by atoms with E-state index < -0.39 is 0 Å². The van der Waals surface area contributed by atoms with Crippen LogP contribution in [0.5, 0.6) is 0 Å². The van der Waals surface area contributed by atoms with Crippen molar-refractivity contribution in [2.45, 2.75) is 0 Å². The molecule has 0 aliphatic heterocycles. The van der Waals surface area contributed by atoms with Crippen LogP contribution in [0.2, 0.25) is 0 Å². The molecular weight excluding hydrogens is 348 g/mol. The number of hydrogen-bond donors (Lipinski definition) is 2.